The molecule has 0 saturated heterocycles. The second-order valence-electron chi connectivity index (χ2n) is 4.97. The van der Waals surface area contributed by atoms with Gasteiger partial charge >= 0.3 is 12.1 Å². The second-order valence-corrected chi connectivity index (χ2v) is 4.97. The maximum Gasteiger partial charge on any atom is 0.416 e. The Kier molecular flexibility index (Phi) is 3.16. The van der Waals surface area contributed by atoms with Crippen LogP contribution in [0.5, 0.6) is 0 Å². The van der Waals surface area contributed by atoms with Gasteiger partial charge in [0.1, 0.15) is 6.04 Å². The number of nitrogens with one attached hydrogen (secondary N) is 1. The SMILES string of the molecule is O=C1CCC2=C1C(c1ccc(F)c(F)c1)N(C(=O)O)C(=O)N2. The number of benzene rings is 1. The number of carbonyl (C=O) groups is 3. The molecule has 1 unspecified atom stereocenters. The first-order valence-corrected chi connectivity index (χ1v) is 6.44. The summed E-state index contributed by atoms with van der Waals surface area (Å²) in [5.41, 5.74) is 0.467. The van der Waals surface area contributed by atoms with E-state index in [9.17, 15) is 28.3 Å². The van der Waals surface area contributed by atoms with E-state index in [1.165, 1.54) is 0 Å². The number of carboxylic acid groups (broad SMARTS) is 1. The molecule has 0 radical (unpaired) electrons. The van der Waals surface area contributed by atoms with Crippen molar-refractivity contribution in [1.29, 1.82) is 0 Å². The molecule has 1 heterocycles. The number of imide groups is 1. The van der Waals surface area contributed by atoms with Crippen LogP contribution in [0.15, 0.2) is 29.5 Å². The third-order valence-corrected chi connectivity index (χ3v) is 3.70. The van der Waals surface area contributed by atoms with Crippen LogP contribution in [0.1, 0.15) is 24.4 Å². The molecule has 1 atom stereocenters. The number of rotatable bonds is 1. The molecule has 0 fully saturated rings. The van der Waals surface area contributed by atoms with Gasteiger partial charge in [-0.05, 0) is 24.1 Å². The van der Waals surface area contributed by atoms with E-state index >= 15 is 0 Å². The smallest absolute Gasteiger partial charge is 0.416 e. The molecule has 1 aliphatic carbocycles. The second kappa shape index (κ2) is 4.90. The number of nitrogens with zero attached hydrogens (tertiary/aromatic N) is 1. The summed E-state index contributed by atoms with van der Waals surface area (Å²) in [5, 5.41) is 11.6. The van der Waals surface area contributed by atoms with Gasteiger partial charge in [-0.3, -0.25) is 4.79 Å². The Morgan fingerprint density at radius 3 is 2.59 bits per heavy atom. The molecule has 0 aromatic heterocycles. The van der Waals surface area contributed by atoms with Gasteiger partial charge in [0, 0.05) is 17.7 Å². The largest absolute Gasteiger partial charge is 0.465 e. The van der Waals surface area contributed by atoms with Crippen molar-refractivity contribution in [1.82, 2.24) is 10.2 Å². The monoisotopic (exact) mass is 308 g/mol. The molecule has 0 bridgehead atoms. The molecule has 0 spiro atoms. The summed E-state index contributed by atoms with van der Waals surface area (Å²) < 4.78 is 26.5. The van der Waals surface area contributed by atoms with Crippen molar-refractivity contribution in [3.05, 3.63) is 46.7 Å². The van der Waals surface area contributed by atoms with Crippen LogP contribution in [-0.2, 0) is 4.79 Å². The van der Waals surface area contributed by atoms with E-state index in [-0.39, 0.29) is 29.8 Å². The fourth-order valence-electron chi connectivity index (χ4n) is 2.75. The Balaban J connectivity index is 2.18. The molecule has 0 saturated carbocycles. The van der Waals surface area contributed by atoms with Gasteiger partial charge in [-0.1, -0.05) is 6.07 Å². The number of hydrogen-bond donors (Lipinski definition) is 2. The Hall–Kier alpha value is -2.77. The third-order valence-electron chi connectivity index (χ3n) is 3.70. The molecule has 1 aromatic rings. The summed E-state index contributed by atoms with van der Waals surface area (Å²) >= 11 is 0. The minimum Gasteiger partial charge on any atom is -0.465 e. The average molecular weight is 308 g/mol. The van der Waals surface area contributed by atoms with Gasteiger partial charge in [0.2, 0.25) is 0 Å². The maximum absolute atomic E-state index is 13.5. The standard InChI is InChI=1S/C14H10F2N2O4/c15-7-2-1-6(5-8(7)16)12-11-9(3-4-10(11)19)17-13(20)18(12)14(21)22/h1-2,5,12H,3-4H2,(H,17,20)(H,21,22). The lowest BCUT2D eigenvalue weighted by atomic mass is 9.94. The van der Waals surface area contributed by atoms with E-state index in [2.05, 4.69) is 5.32 Å². The zero-order chi connectivity index (χ0) is 16.0. The molecule has 3 amide bonds. The summed E-state index contributed by atoms with van der Waals surface area (Å²) in [4.78, 5) is 35.7. The van der Waals surface area contributed by atoms with Crippen LogP contribution in [0, 0.1) is 11.6 Å². The molecular formula is C14H10F2N2O4. The fraction of sp³-hybridized carbons (Fsp3) is 0.214. The third kappa shape index (κ3) is 2.03. The molecule has 114 valence electrons. The number of ketones is 1. The molecular weight excluding hydrogens is 298 g/mol. The molecule has 22 heavy (non-hydrogen) atoms. The Labute approximate surface area is 123 Å². The minimum atomic E-state index is -1.58. The molecule has 1 aliphatic heterocycles. The molecule has 8 heteroatoms. The summed E-state index contributed by atoms with van der Waals surface area (Å²) in [6.45, 7) is 0. The van der Waals surface area contributed by atoms with Crippen LogP contribution in [-0.4, -0.2) is 27.9 Å². The Bertz CT molecular complexity index is 744. The minimum absolute atomic E-state index is 0.0268. The lowest BCUT2D eigenvalue weighted by Crippen LogP contribution is -2.49. The van der Waals surface area contributed by atoms with E-state index in [1.807, 2.05) is 0 Å². The summed E-state index contributed by atoms with van der Waals surface area (Å²) in [6.07, 6.45) is -1.16. The highest BCUT2D eigenvalue weighted by molar-refractivity contribution is 6.05. The van der Waals surface area contributed by atoms with Crippen LogP contribution in [0.3, 0.4) is 0 Å². The molecule has 6 nitrogen and oxygen atoms in total. The van der Waals surface area contributed by atoms with Crippen LogP contribution in [0.2, 0.25) is 0 Å². The number of Topliss-reactive ketones (excluding diaryl/α,β-unsaturated/α-hetero) is 1. The number of allylic oxidation sites excluding steroid dienone is 1. The van der Waals surface area contributed by atoms with Gasteiger partial charge < -0.3 is 10.4 Å². The summed E-state index contributed by atoms with van der Waals surface area (Å²) in [5.74, 6) is -2.60. The van der Waals surface area contributed by atoms with Crippen molar-refractivity contribution in [3.8, 4) is 0 Å². The topological polar surface area (TPSA) is 86.7 Å². The van der Waals surface area contributed by atoms with Crippen molar-refractivity contribution in [2.45, 2.75) is 18.9 Å². The van der Waals surface area contributed by atoms with Crippen molar-refractivity contribution < 1.29 is 28.3 Å². The van der Waals surface area contributed by atoms with Crippen molar-refractivity contribution in [2.24, 2.45) is 0 Å². The van der Waals surface area contributed by atoms with Gasteiger partial charge in [-0.15, -0.1) is 0 Å². The first-order chi connectivity index (χ1) is 10.4. The van der Waals surface area contributed by atoms with Gasteiger partial charge in [-0.2, -0.15) is 0 Å². The molecule has 2 aliphatic rings. The van der Waals surface area contributed by atoms with E-state index in [0.717, 1.165) is 18.2 Å². The predicted octanol–water partition coefficient (Wildman–Crippen LogP) is 2.33. The zero-order valence-electron chi connectivity index (χ0n) is 11.1. The molecule has 2 N–H and O–H groups in total. The highest BCUT2D eigenvalue weighted by atomic mass is 19.2. The van der Waals surface area contributed by atoms with Crippen LogP contribution in [0.25, 0.3) is 0 Å². The molecule has 1 aromatic carbocycles. The lowest BCUT2D eigenvalue weighted by molar-refractivity contribution is -0.115. The quantitative estimate of drug-likeness (QED) is 0.833. The number of urea groups is 1. The average Bonchev–Trinajstić information content (AvgIpc) is 2.81. The van der Waals surface area contributed by atoms with Crippen LogP contribution in [0.4, 0.5) is 18.4 Å². The zero-order valence-corrected chi connectivity index (χ0v) is 11.1. The Morgan fingerprint density at radius 1 is 1.23 bits per heavy atom. The van der Waals surface area contributed by atoms with Gasteiger partial charge in [0.05, 0.1) is 0 Å². The fourth-order valence-corrected chi connectivity index (χ4v) is 2.75. The number of carbonyl (C=O) groups excluding carboxylic acids is 2. The highest BCUT2D eigenvalue weighted by Gasteiger charge is 2.44. The van der Waals surface area contributed by atoms with Gasteiger partial charge in [0.15, 0.2) is 17.4 Å². The van der Waals surface area contributed by atoms with E-state index < -0.39 is 29.8 Å². The Morgan fingerprint density at radius 2 is 1.95 bits per heavy atom. The summed E-state index contributed by atoms with van der Waals surface area (Å²) in [6, 6.07) is 0.595. The summed E-state index contributed by atoms with van der Waals surface area (Å²) in [7, 11) is 0. The number of amides is 3. The van der Waals surface area contributed by atoms with E-state index in [0.29, 0.717) is 10.6 Å². The lowest BCUT2D eigenvalue weighted by Gasteiger charge is -2.33. The van der Waals surface area contributed by atoms with Crippen LogP contribution >= 0.6 is 0 Å². The highest BCUT2D eigenvalue weighted by Crippen LogP contribution is 2.39. The molecule has 3 rings (SSSR count). The maximum atomic E-state index is 13.5. The normalized spacial score (nSPS) is 21.0. The number of hydrogen-bond acceptors (Lipinski definition) is 3. The van der Waals surface area contributed by atoms with E-state index in [4.69, 9.17) is 0 Å². The van der Waals surface area contributed by atoms with Gasteiger partial charge in [-0.25, -0.2) is 23.3 Å². The van der Waals surface area contributed by atoms with Crippen molar-refractivity contribution in [2.75, 3.05) is 0 Å². The van der Waals surface area contributed by atoms with Crippen LogP contribution < -0.4 is 5.32 Å². The first-order valence-electron chi connectivity index (χ1n) is 6.44. The van der Waals surface area contributed by atoms with Crippen molar-refractivity contribution >= 4 is 17.9 Å². The number of halogens is 2. The van der Waals surface area contributed by atoms with Crippen molar-refractivity contribution in [3.63, 3.8) is 0 Å². The van der Waals surface area contributed by atoms with E-state index in [1.54, 1.807) is 0 Å². The predicted molar refractivity (Wildman–Crippen MR) is 68.8 cm³/mol. The van der Waals surface area contributed by atoms with Gasteiger partial charge in [0.25, 0.3) is 0 Å². The first kappa shape index (κ1) is 14.2.